The van der Waals surface area contributed by atoms with Crippen LogP contribution in [0.25, 0.3) is 127 Å². The molecule has 6 nitrogen and oxygen atoms in total. The van der Waals surface area contributed by atoms with E-state index in [1.807, 2.05) is 91.3 Å². The predicted molar refractivity (Wildman–Crippen MR) is 261 cm³/mol. The summed E-state index contributed by atoms with van der Waals surface area (Å²) in [5, 5.41) is 9.25. The number of fused-ring (bicyclic) bond motifs is 9. The van der Waals surface area contributed by atoms with E-state index < -0.39 is 0 Å². The summed E-state index contributed by atoms with van der Waals surface area (Å²) in [6, 6.07) is 70.4. The van der Waals surface area contributed by atoms with E-state index in [0.717, 1.165) is 77.4 Å². The summed E-state index contributed by atoms with van der Waals surface area (Å²) < 4.78 is 8.76. The van der Waals surface area contributed by atoms with Crippen LogP contribution in [-0.2, 0) is 0 Å². The van der Waals surface area contributed by atoms with Gasteiger partial charge in [-0.2, -0.15) is 0 Å². The number of hydrogen-bond donors (Lipinski definition) is 0. The SMILES string of the molecule is c1ccc(-c2nc(-c3ccccc3)nc(-c3cccc(-n4c5ccccc5c5cc(-c6cc7cc8c(cc7c7ccc(-c9cccnc9)cc67)oc6ccccc68)ccc54)c3)n2)cc1. The van der Waals surface area contributed by atoms with E-state index in [2.05, 4.69) is 131 Å². The van der Waals surface area contributed by atoms with Crippen molar-refractivity contribution in [1.29, 1.82) is 0 Å². The molecule has 6 heteroatoms. The fourth-order valence-corrected chi connectivity index (χ4v) is 9.47. The van der Waals surface area contributed by atoms with Crippen LogP contribution in [0, 0.1) is 0 Å². The molecule has 0 spiro atoms. The summed E-state index contributed by atoms with van der Waals surface area (Å²) in [5.41, 5.74) is 12.3. The quantitative estimate of drug-likeness (QED) is 0.156. The number of rotatable bonds is 6. The van der Waals surface area contributed by atoms with Crippen LogP contribution in [0.5, 0.6) is 0 Å². The lowest BCUT2D eigenvalue weighted by atomic mass is 9.90. The first-order chi connectivity index (χ1) is 31.7. The maximum absolute atomic E-state index is 6.40. The molecule has 0 radical (unpaired) electrons. The molecule has 0 fully saturated rings. The molecule has 0 saturated carbocycles. The van der Waals surface area contributed by atoms with Crippen LogP contribution in [0.3, 0.4) is 0 Å². The number of furan rings is 1. The summed E-state index contributed by atoms with van der Waals surface area (Å²) in [6.45, 7) is 0. The molecule has 0 unspecified atom stereocenters. The van der Waals surface area contributed by atoms with Crippen molar-refractivity contribution in [1.82, 2.24) is 24.5 Å². The molecular weight excluding hydrogens is 783 g/mol. The Labute approximate surface area is 367 Å². The van der Waals surface area contributed by atoms with Gasteiger partial charge in [-0.05, 0) is 105 Å². The van der Waals surface area contributed by atoms with E-state index >= 15 is 0 Å². The zero-order valence-corrected chi connectivity index (χ0v) is 34.4. The number of para-hydroxylation sites is 2. The van der Waals surface area contributed by atoms with Gasteiger partial charge < -0.3 is 8.98 Å². The van der Waals surface area contributed by atoms with Crippen molar-refractivity contribution >= 4 is 65.3 Å². The Hall–Kier alpha value is -8.74. The van der Waals surface area contributed by atoms with Crippen molar-refractivity contribution in [3.05, 3.63) is 213 Å². The highest BCUT2D eigenvalue weighted by Crippen LogP contribution is 2.43. The minimum absolute atomic E-state index is 0.618. The molecule has 0 N–H and O–H groups in total. The molecule has 4 heterocycles. The average Bonchev–Trinajstić information content (AvgIpc) is 3.91. The molecule has 0 bridgehead atoms. The minimum atomic E-state index is 0.618. The summed E-state index contributed by atoms with van der Waals surface area (Å²) in [7, 11) is 0. The second-order valence-electron chi connectivity index (χ2n) is 16.3. The van der Waals surface area contributed by atoms with Crippen molar-refractivity contribution in [2.24, 2.45) is 0 Å². The Morgan fingerprint density at radius 3 is 1.78 bits per heavy atom. The third-order valence-electron chi connectivity index (χ3n) is 12.5. The summed E-state index contributed by atoms with van der Waals surface area (Å²) >= 11 is 0. The van der Waals surface area contributed by atoms with Gasteiger partial charge in [0.1, 0.15) is 11.2 Å². The second-order valence-corrected chi connectivity index (χ2v) is 16.3. The van der Waals surface area contributed by atoms with E-state index in [9.17, 15) is 0 Å². The van der Waals surface area contributed by atoms with Crippen LogP contribution < -0.4 is 0 Å². The third-order valence-corrected chi connectivity index (χ3v) is 12.5. The average molecular weight is 818 g/mol. The lowest BCUT2D eigenvalue weighted by molar-refractivity contribution is 0.669. The molecular formula is C58H35N5O. The van der Waals surface area contributed by atoms with Gasteiger partial charge in [0.25, 0.3) is 0 Å². The van der Waals surface area contributed by atoms with Crippen LogP contribution >= 0.6 is 0 Å². The van der Waals surface area contributed by atoms with Gasteiger partial charge in [0.05, 0.1) is 11.0 Å². The number of hydrogen-bond acceptors (Lipinski definition) is 5. The fraction of sp³-hybridized carbons (Fsp3) is 0. The van der Waals surface area contributed by atoms with Crippen molar-refractivity contribution in [2.75, 3.05) is 0 Å². The summed E-state index contributed by atoms with van der Waals surface area (Å²) in [4.78, 5) is 19.5. The molecule has 0 saturated heterocycles. The van der Waals surface area contributed by atoms with E-state index in [1.54, 1.807) is 0 Å². The molecule has 0 aliphatic heterocycles. The molecule has 9 aromatic carbocycles. The van der Waals surface area contributed by atoms with E-state index in [1.165, 1.54) is 32.5 Å². The fourth-order valence-electron chi connectivity index (χ4n) is 9.47. The first-order valence-corrected chi connectivity index (χ1v) is 21.4. The second kappa shape index (κ2) is 14.4. The maximum Gasteiger partial charge on any atom is 0.164 e. The Bertz CT molecular complexity index is 3890. The predicted octanol–water partition coefficient (Wildman–Crippen LogP) is 14.9. The van der Waals surface area contributed by atoms with Gasteiger partial charge in [-0.3, -0.25) is 4.98 Å². The van der Waals surface area contributed by atoms with Crippen LogP contribution in [0.2, 0.25) is 0 Å². The monoisotopic (exact) mass is 817 g/mol. The molecule has 0 atom stereocenters. The number of benzene rings is 9. The van der Waals surface area contributed by atoms with Gasteiger partial charge in [-0.1, -0.05) is 133 Å². The Balaban J connectivity index is 1.00. The molecule has 13 aromatic rings. The largest absolute Gasteiger partial charge is 0.456 e. The number of nitrogens with zero attached hydrogens (tertiary/aromatic N) is 5. The molecule has 4 aromatic heterocycles. The van der Waals surface area contributed by atoms with Crippen molar-refractivity contribution in [3.63, 3.8) is 0 Å². The Morgan fingerprint density at radius 2 is 1.00 bits per heavy atom. The zero-order valence-electron chi connectivity index (χ0n) is 34.4. The Morgan fingerprint density at radius 1 is 0.344 bits per heavy atom. The topological polar surface area (TPSA) is 69.6 Å². The highest BCUT2D eigenvalue weighted by atomic mass is 16.3. The van der Waals surface area contributed by atoms with Crippen LogP contribution in [0.4, 0.5) is 0 Å². The van der Waals surface area contributed by atoms with Crippen molar-refractivity contribution < 1.29 is 4.42 Å². The smallest absolute Gasteiger partial charge is 0.164 e. The molecule has 64 heavy (non-hydrogen) atoms. The van der Waals surface area contributed by atoms with Crippen LogP contribution in [0.15, 0.2) is 217 Å². The number of aromatic nitrogens is 5. The van der Waals surface area contributed by atoms with Gasteiger partial charge in [-0.25, -0.2) is 15.0 Å². The number of pyridine rings is 1. The van der Waals surface area contributed by atoms with Crippen molar-refractivity contribution in [3.8, 4) is 62.1 Å². The van der Waals surface area contributed by atoms with Gasteiger partial charge in [0.2, 0.25) is 0 Å². The summed E-state index contributed by atoms with van der Waals surface area (Å²) in [5.74, 6) is 1.89. The van der Waals surface area contributed by atoms with E-state index in [-0.39, 0.29) is 0 Å². The van der Waals surface area contributed by atoms with E-state index in [0.29, 0.717) is 17.5 Å². The Kier molecular flexibility index (Phi) is 8.11. The zero-order chi connectivity index (χ0) is 42.1. The van der Waals surface area contributed by atoms with Gasteiger partial charge in [0.15, 0.2) is 17.5 Å². The van der Waals surface area contributed by atoms with Crippen LogP contribution in [0.1, 0.15) is 0 Å². The van der Waals surface area contributed by atoms with Crippen LogP contribution in [-0.4, -0.2) is 24.5 Å². The lowest BCUT2D eigenvalue weighted by Gasteiger charge is -2.14. The molecule has 13 rings (SSSR count). The van der Waals surface area contributed by atoms with Gasteiger partial charge >= 0.3 is 0 Å². The minimum Gasteiger partial charge on any atom is -0.456 e. The maximum atomic E-state index is 6.40. The first-order valence-electron chi connectivity index (χ1n) is 21.4. The molecule has 0 amide bonds. The standard InChI is InChI=1S/C58H35N5O/c1-3-13-36(14-4-1)56-60-57(37-15-5-2-6-16-37)62-58(61-56)40-17-11-19-43(29-40)63-52-22-9-7-20-45(52)50-31-39(25-27-53(50)63)47-32-42-33-51-46-21-8-10-23-54(46)64-55(51)34-48(42)44-26-24-38(30-49(44)47)41-18-12-28-59-35-41/h1-35H. The normalized spacial score (nSPS) is 11.8. The van der Waals surface area contributed by atoms with E-state index in [4.69, 9.17) is 19.4 Å². The lowest BCUT2D eigenvalue weighted by Crippen LogP contribution is -2.01. The first kappa shape index (κ1) is 36.0. The molecule has 298 valence electrons. The third kappa shape index (κ3) is 5.88. The molecule has 0 aliphatic carbocycles. The van der Waals surface area contributed by atoms with Gasteiger partial charge in [-0.15, -0.1) is 0 Å². The summed E-state index contributed by atoms with van der Waals surface area (Å²) in [6.07, 6.45) is 3.75. The molecule has 0 aliphatic rings. The highest BCUT2D eigenvalue weighted by molar-refractivity contribution is 6.20. The van der Waals surface area contributed by atoms with Gasteiger partial charge in [0, 0.05) is 61.9 Å². The highest BCUT2D eigenvalue weighted by Gasteiger charge is 2.19. The van der Waals surface area contributed by atoms with Crippen molar-refractivity contribution in [2.45, 2.75) is 0 Å².